The Kier molecular flexibility index (Phi) is 4.40. The fourth-order valence-electron chi connectivity index (χ4n) is 4.58. The number of aryl methyl sites for hydroxylation is 1. The summed E-state index contributed by atoms with van der Waals surface area (Å²) in [4.78, 5) is 28.9. The number of aromatic nitrogens is 2. The first kappa shape index (κ1) is 17.4. The van der Waals surface area contributed by atoms with Crippen LogP contribution in [-0.4, -0.2) is 63.3 Å². The number of hydrogen-bond donors (Lipinski definition) is 1. The molecule has 3 heterocycles. The lowest BCUT2D eigenvalue weighted by Crippen LogP contribution is -2.49. The van der Waals surface area contributed by atoms with E-state index in [9.17, 15) is 9.59 Å². The largest absolute Gasteiger partial charge is 0.441 e. The van der Waals surface area contributed by atoms with Crippen molar-refractivity contribution in [2.24, 2.45) is 0 Å². The second-order valence-corrected chi connectivity index (χ2v) is 7.99. The lowest BCUT2D eigenvalue weighted by Gasteiger charge is -2.37. The maximum atomic E-state index is 12.9. The third kappa shape index (κ3) is 2.87. The number of piperidine rings is 1. The van der Waals surface area contributed by atoms with E-state index in [0.717, 1.165) is 43.4 Å². The summed E-state index contributed by atoms with van der Waals surface area (Å²) < 4.78 is 5.79. The van der Waals surface area contributed by atoms with Crippen molar-refractivity contribution < 1.29 is 14.3 Å². The van der Waals surface area contributed by atoms with Crippen LogP contribution < -0.4 is 0 Å². The Hall–Kier alpha value is -2.05. The molecule has 1 N–H and O–H groups in total. The van der Waals surface area contributed by atoms with Crippen LogP contribution in [0.5, 0.6) is 0 Å². The summed E-state index contributed by atoms with van der Waals surface area (Å²) in [6.07, 6.45) is 6.26. The van der Waals surface area contributed by atoms with E-state index >= 15 is 0 Å². The molecule has 2 fully saturated rings. The molecule has 7 nitrogen and oxygen atoms in total. The zero-order chi connectivity index (χ0) is 18.3. The van der Waals surface area contributed by atoms with Crippen molar-refractivity contribution in [2.45, 2.75) is 70.4 Å². The molecular weight excluding hydrogens is 332 g/mol. The standard InChI is InChI=1S/C19H28N4O3/c1-3-5-13(2)23-12-19(26-18(23)25)8-10-22(11-9-19)17(24)16-14-6-4-7-15(14)20-21-16/h13H,3-12H2,1-2H3,(H,20,21). The van der Waals surface area contributed by atoms with Gasteiger partial charge in [-0.15, -0.1) is 0 Å². The van der Waals surface area contributed by atoms with Gasteiger partial charge in [-0.05, 0) is 32.6 Å². The van der Waals surface area contributed by atoms with Crippen LogP contribution in [0, 0.1) is 0 Å². The highest BCUT2D eigenvalue weighted by Crippen LogP contribution is 2.35. The number of ether oxygens (including phenoxy) is 1. The van der Waals surface area contributed by atoms with Crippen molar-refractivity contribution in [3.63, 3.8) is 0 Å². The summed E-state index contributed by atoms with van der Waals surface area (Å²) in [6.45, 7) is 6.09. The predicted octanol–water partition coefficient (Wildman–Crippen LogP) is 2.51. The molecule has 3 aliphatic rings. The first-order chi connectivity index (χ1) is 12.5. The van der Waals surface area contributed by atoms with E-state index in [-0.39, 0.29) is 18.0 Å². The minimum absolute atomic E-state index is 0.0137. The van der Waals surface area contributed by atoms with Crippen LogP contribution in [0.25, 0.3) is 0 Å². The van der Waals surface area contributed by atoms with Crippen LogP contribution >= 0.6 is 0 Å². The van der Waals surface area contributed by atoms with E-state index in [1.54, 1.807) is 0 Å². The number of fused-ring (bicyclic) bond motifs is 1. The third-order valence-corrected chi connectivity index (χ3v) is 6.21. The van der Waals surface area contributed by atoms with Gasteiger partial charge in [0.2, 0.25) is 0 Å². The molecule has 142 valence electrons. The van der Waals surface area contributed by atoms with Gasteiger partial charge in [0.25, 0.3) is 5.91 Å². The van der Waals surface area contributed by atoms with E-state index in [2.05, 4.69) is 24.0 Å². The number of H-pyrrole nitrogens is 1. The number of nitrogens with one attached hydrogen (secondary N) is 1. The molecule has 2 amide bonds. The normalized spacial score (nSPS) is 22.6. The number of carbonyl (C=O) groups is 2. The van der Waals surface area contributed by atoms with Gasteiger partial charge in [0.05, 0.1) is 6.54 Å². The van der Waals surface area contributed by atoms with Crippen molar-refractivity contribution in [3.05, 3.63) is 17.0 Å². The number of carbonyl (C=O) groups excluding carboxylic acids is 2. The highest BCUT2D eigenvalue weighted by atomic mass is 16.6. The molecule has 1 aromatic heterocycles. The van der Waals surface area contributed by atoms with Crippen LogP contribution in [0.2, 0.25) is 0 Å². The Morgan fingerprint density at radius 3 is 2.85 bits per heavy atom. The van der Waals surface area contributed by atoms with Gasteiger partial charge in [-0.3, -0.25) is 9.89 Å². The van der Waals surface area contributed by atoms with Gasteiger partial charge in [-0.1, -0.05) is 13.3 Å². The van der Waals surface area contributed by atoms with Crippen LogP contribution in [0.15, 0.2) is 0 Å². The Labute approximate surface area is 154 Å². The second kappa shape index (κ2) is 6.59. The molecule has 0 radical (unpaired) electrons. The van der Waals surface area contributed by atoms with Crippen LogP contribution in [0.3, 0.4) is 0 Å². The number of rotatable bonds is 4. The molecule has 0 bridgehead atoms. The Bertz CT molecular complexity index is 706. The molecule has 4 rings (SSSR count). The Balaban J connectivity index is 1.40. The maximum Gasteiger partial charge on any atom is 0.410 e. The van der Waals surface area contributed by atoms with Crippen LogP contribution in [-0.2, 0) is 17.6 Å². The average Bonchev–Trinajstić information content (AvgIpc) is 3.30. The molecular formula is C19H28N4O3. The number of aromatic amines is 1. The second-order valence-electron chi connectivity index (χ2n) is 7.99. The first-order valence-corrected chi connectivity index (χ1v) is 9.88. The molecule has 1 aromatic rings. The smallest absolute Gasteiger partial charge is 0.410 e. The van der Waals surface area contributed by atoms with Gasteiger partial charge < -0.3 is 14.5 Å². The van der Waals surface area contributed by atoms with E-state index in [1.807, 2.05) is 9.80 Å². The van der Waals surface area contributed by atoms with Crippen LogP contribution in [0.1, 0.15) is 67.7 Å². The molecule has 0 aromatic carbocycles. The average molecular weight is 360 g/mol. The summed E-state index contributed by atoms with van der Waals surface area (Å²) >= 11 is 0. The minimum atomic E-state index is -0.427. The molecule has 2 saturated heterocycles. The fraction of sp³-hybridized carbons (Fsp3) is 0.737. The fourth-order valence-corrected chi connectivity index (χ4v) is 4.58. The van der Waals surface area contributed by atoms with E-state index in [1.165, 1.54) is 0 Å². The summed E-state index contributed by atoms with van der Waals surface area (Å²) in [5.74, 6) is 0.0137. The molecule has 2 aliphatic heterocycles. The molecule has 7 heteroatoms. The van der Waals surface area contributed by atoms with Gasteiger partial charge >= 0.3 is 6.09 Å². The van der Waals surface area contributed by atoms with E-state index in [0.29, 0.717) is 38.2 Å². The summed E-state index contributed by atoms with van der Waals surface area (Å²) in [5, 5.41) is 7.28. The Morgan fingerprint density at radius 2 is 2.12 bits per heavy atom. The summed E-state index contributed by atoms with van der Waals surface area (Å²) in [7, 11) is 0. The molecule has 1 unspecified atom stereocenters. The minimum Gasteiger partial charge on any atom is -0.441 e. The van der Waals surface area contributed by atoms with Crippen molar-refractivity contribution in [2.75, 3.05) is 19.6 Å². The summed E-state index contributed by atoms with van der Waals surface area (Å²) in [6, 6.07) is 0.207. The van der Waals surface area contributed by atoms with Crippen molar-refractivity contribution in [1.29, 1.82) is 0 Å². The highest BCUT2D eigenvalue weighted by molar-refractivity contribution is 5.94. The highest BCUT2D eigenvalue weighted by Gasteiger charge is 2.48. The van der Waals surface area contributed by atoms with Gasteiger partial charge in [-0.25, -0.2) is 4.79 Å². The number of nitrogens with zero attached hydrogens (tertiary/aromatic N) is 3. The van der Waals surface area contributed by atoms with Gasteiger partial charge in [-0.2, -0.15) is 5.10 Å². The third-order valence-electron chi connectivity index (χ3n) is 6.21. The molecule has 26 heavy (non-hydrogen) atoms. The van der Waals surface area contributed by atoms with E-state index < -0.39 is 5.60 Å². The van der Waals surface area contributed by atoms with Gasteiger partial charge in [0.1, 0.15) is 5.60 Å². The quantitative estimate of drug-likeness (QED) is 0.895. The zero-order valence-electron chi connectivity index (χ0n) is 15.7. The molecule has 1 spiro atoms. The van der Waals surface area contributed by atoms with E-state index in [4.69, 9.17) is 4.74 Å². The van der Waals surface area contributed by atoms with Crippen molar-refractivity contribution >= 4 is 12.0 Å². The number of hydrogen-bond acceptors (Lipinski definition) is 4. The summed E-state index contributed by atoms with van der Waals surface area (Å²) in [5.41, 5.74) is 2.38. The Morgan fingerprint density at radius 1 is 1.35 bits per heavy atom. The number of likely N-dealkylation sites (tertiary alicyclic amines) is 1. The number of amides is 2. The first-order valence-electron chi connectivity index (χ1n) is 9.88. The van der Waals surface area contributed by atoms with Crippen LogP contribution in [0.4, 0.5) is 4.79 Å². The van der Waals surface area contributed by atoms with Gasteiger partial charge in [0, 0.05) is 43.2 Å². The lowest BCUT2D eigenvalue weighted by atomic mass is 9.90. The van der Waals surface area contributed by atoms with Gasteiger partial charge in [0.15, 0.2) is 5.69 Å². The predicted molar refractivity (Wildman–Crippen MR) is 96.0 cm³/mol. The SMILES string of the molecule is CCCC(C)N1CC2(CCN(C(=O)c3n[nH]c4c3CCC4)CC2)OC1=O. The monoisotopic (exact) mass is 360 g/mol. The molecule has 1 atom stereocenters. The lowest BCUT2D eigenvalue weighted by molar-refractivity contribution is 0.00287. The van der Waals surface area contributed by atoms with Crippen molar-refractivity contribution in [3.8, 4) is 0 Å². The molecule has 0 saturated carbocycles. The molecule has 1 aliphatic carbocycles. The zero-order valence-corrected chi connectivity index (χ0v) is 15.7. The maximum absolute atomic E-state index is 12.9. The topological polar surface area (TPSA) is 78.5 Å². The van der Waals surface area contributed by atoms with Crippen molar-refractivity contribution in [1.82, 2.24) is 20.0 Å².